The Labute approximate surface area is 146 Å². The Morgan fingerprint density at radius 1 is 1.24 bits per heavy atom. The number of carbonyl (C=O) groups is 1. The van der Waals surface area contributed by atoms with Crippen molar-refractivity contribution in [2.24, 2.45) is 0 Å². The molecule has 2 aromatic heterocycles. The minimum Gasteiger partial charge on any atom is -0.339 e. The van der Waals surface area contributed by atoms with Gasteiger partial charge in [-0.1, -0.05) is 35.0 Å². The summed E-state index contributed by atoms with van der Waals surface area (Å²) >= 11 is 0. The number of aromatic nitrogens is 4. The number of hydrogen-bond acceptors (Lipinski definition) is 5. The van der Waals surface area contributed by atoms with E-state index in [1.54, 1.807) is 16.9 Å². The van der Waals surface area contributed by atoms with E-state index in [1.807, 2.05) is 45.0 Å². The summed E-state index contributed by atoms with van der Waals surface area (Å²) in [5.74, 6) is 1.56. The topological polar surface area (TPSA) is 85.8 Å². The number of anilines is 1. The van der Waals surface area contributed by atoms with Gasteiger partial charge in [0.1, 0.15) is 5.82 Å². The van der Waals surface area contributed by atoms with Crippen molar-refractivity contribution in [1.29, 1.82) is 0 Å². The van der Waals surface area contributed by atoms with Gasteiger partial charge < -0.3 is 9.84 Å². The zero-order valence-electron chi connectivity index (χ0n) is 14.6. The van der Waals surface area contributed by atoms with Gasteiger partial charge in [0.15, 0.2) is 0 Å². The molecule has 25 heavy (non-hydrogen) atoms. The van der Waals surface area contributed by atoms with E-state index in [1.165, 1.54) is 5.56 Å². The SMILES string of the molecule is Cc1ccc(-c2noc(CCC(=O)Nc3ccnn3C(C)C)n2)cc1. The van der Waals surface area contributed by atoms with Crippen LogP contribution in [-0.2, 0) is 11.2 Å². The van der Waals surface area contributed by atoms with Crippen molar-refractivity contribution in [3.05, 3.63) is 48.0 Å². The number of benzene rings is 1. The van der Waals surface area contributed by atoms with Crippen molar-refractivity contribution >= 4 is 11.7 Å². The fourth-order valence-electron chi connectivity index (χ4n) is 2.43. The van der Waals surface area contributed by atoms with Gasteiger partial charge in [0.05, 0.1) is 6.20 Å². The highest BCUT2D eigenvalue weighted by Crippen LogP contribution is 2.17. The normalized spacial score (nSPS) is 11.0. The molecule has 0 saturated heterocycles. The summed E-state index contributed by atoms with van der Waals surface area (Å²) < 4.78 is 7.00. The van der Waals surface area contributed by atoms with Crippen LogP contribution >= 0.6 is 0 Å². The fourth-order valence-corrected chi connectivity index (χ4v) is 2.43. The van der Waals surface area contributed by atoms with Crippen molar-refractivity contribution in [3.63, 3.8) is 0 Å². The Hall–Kier alpha value is -2.96. The number of aryl methyl sites for hydroxylation is 2. The molecule has 0 atom stereocenters. The van der Waals surface area contributed by atoms with Gasteiger partial charge in [-0.15, -0.1) is 0 Å². The van der Waals surface area contributed by atoms with E-state index >= 15 is 0 Å². The van der Waals surface area contributed by atoms with Crippen LogP contribution in [0.4, 0.5) is 5.82 Å². The van der Waals surface area contributed by atoms with Crippen LogP contribution in [0.15, 0.2) is 41.1 Å². The molecule has 0 saturated carbocycles. The Kier molecular flexibility index (Phi) is 4.92. The molecule has 0 aliphatic rings. The summed E-state index contributed by atoms with van der Waals surface area (Å²) in [5, 5.41) is 11.0. The van der Waals surface area contributed by atoms with Crippen molar-refractivity contribution in [2.45, 2.75) is 39.7 Å². The summed E-state index contributed by atoms with van der Waals surface area (Å²) in [6.45, 7) is 6.04. The lowest BCUT2D eigenvalue weighted by atomic mass is 10.1. The minimum atomic E-state index is -0.113. The van der Waals surface area contributed by atoms with Gasteiger partial charge in [-0.05, 0) is 20.8 Å². The third-order valence-corrected chi connectivity index (χ3v) is 3.77. The van der Waals surface area contributed by atoms with Crippen LogP contribution in [0.2, 0.25) is 0 Å². The van der Waals surface area contributed by atoms with Gasteiger partial charge >= 0.3 is 0 Å². The molecule has 0 radical (unpaired) electrons. The molecule has 7 nitrogen and oxygen atoms in total. The maximum absolute atomic E-state index is 12.1. The van der Waals surface area contributed by atoms with Crippen LogP contribution in [0, 0.1) is 6.92 Å². The predicted octanol–water partition coefficient (Wildman–Crippen LogP) is 3.39. The van der Waals surface area contributed by atoms with Crippen LogP contribution in [-0.4, -0.2) is 25.8 Å². The summed E-state index contributed by atoms with van der Waals surface area (Å²) in [5.41, 5.74) is 2.07. The predicted molar refractivity (Wildman–Crippen MR) is 94.0 cm³/mol. The van der Waals surface area contributed by atoms with E-state index in [9.17, 15) is 4.79 Å². The summed E-state index contributed by atoms with van der Waals surface area (Å²) in [6.07, 6.45) is 2.32. The van der Waals surface area contributed by atoms with E-state index in [4.69, 9.17) is 4.52 Å². The number of nitrogens with one attached hydrogen (secondary N) is 1. The number of amides is 1. The van der Waals surface area contributed by atoms with Crippen molar-refractivity contribution in [2.75, 3.05) is 5.32 Å². The highest BCUT2D eigenvalue weighted by Gasteiger charge is 2.13. The second-order valence-electron chi connectivity index (χ2n) is 6.18. The molecule has 1 aromatic carbocycles. The van der Waals surface area contributed by atoms with Crippen LogP contribution in [0.3, 0.4) is 0 Å². The molecule has 3 aromatic rings. The van der Waals surface area contributed by atoms with E-state index in [0.29, 0.717) is 24.0 Å². The van der Waals surface area contributed by atoms with E-state index in [2.05, 4.69) is 20.6 Å². The van der Waals surface area contributed by atoms with Gasteiger partial charge in [-0.2, -0.15) is 10.1 Å². The maximum Gasteiger partial charge on any atom is 0.227 e. The van der Waals surface area contributed by atoms with Gasteiger partial charge in [0.25, 0.3) is 0 Å². The lowest BCUT2D eigenvalue weighted by Crippen LogP contribution is -2.17. The molecule has 130 valence electrons. The number of nitrogens with zero attached hydrogens (tertiary/aromatic N) is 4. The Morgan fingerprint density at radius 3 is 2.72 bits per heavy atom. The van der Waals surface area contributed by atoms with E-state index in [-0.39, 0.29) is 18.4 Å². The van der Waals surface area contributed by atoms with E-state index < -0.39 is 0 Å². The number of hydrogen-bond donors (Lipinski definition) is 1. The van der Waals surface area contributed by atoms with Crippen LogP contribution in [0.5, 0.6) is 0 Å². The molecule has 0 bridgehead atoms. The summed E-state index contributed by atoms with van der Waals surface area (Å²) in [7, 11) is 0. The van der Waals surface area contributed by atoms with Gasteiger partial charge in [-0.3, -0.25) is 4.79 Å². The van der Waals surface area contributed by atoms with Crippen molar-refractivity contribution in [3.8, 4) is 11.4 Å². The molecule has 2 heterocycles. The third-order valence-electron chi connectivity index (χ3n) is 3.77. The van der Waals surface area contributed by atoms with Gasteiger partial charge in [-0.25, -0.2) is 4.68 Å². The van der Waals surface area contributed by atoms with Crippen LogP contribution < -0.4 is 5.32 Å². The van der Waals surface area contributed by atoms with Crippen molar-refractivity contribution < 1.29 is 9.32 Å². The first-order valence-corrected chi connectivity index (χ1v) is 8.26. The monoisotopic (exact) mass is 339 g/mol. The number of carbonyl (C=O) groups excluding carboxylic acids is 1. The van der Waals surface area contributed by atoms with Crippen LogP contribution in [0.1, 0.15) is 37.8 Å². The third kappa shape index (κ3) is 4.12. The Balaban J connectivity index is 1.57. The average Bonchev–Trinajstić information content (AvgIpc) is 3.23. The molecular weight excluding hydrogens is 318 g/mol. The smallest absolute Gasteiger partial charge is 0.227 e. The first kappa shape index (κ1) is 16.9. The Morgan fingerprint density at radius 2 is 2.00 bits per heavy atom. The first-order valence-electron chi connectivity index (χ1n) is 8.26. The molecule has 0 spiro atoms. The second-order valence-corrected chi connectivity index (χ2v) is 6.18. The molecule has 3 rings (SSSR count). The summed E-state index contributed by atoms with van der Waals surface area (Å²) in [4.78, 5) is 16.5. The lowest BCUT2D eigenvalue weighted by molar-refractivity contribution is -0.116. The molecule has 0 unspecified atom stereocenters. The highest BCUT2D eigenvalue weighted by molar-refractivity contribution is 5.89. The average molecular weight is 339 g/mol. The Bertz CT molecular complexity index is 848. The molecule has 1 amide bonds. The van der Waals surface area contributed by atoms with E-state index in [0.717, 1.165) is 5.56 Å². The molecule has 1 N–H and O–H groups in total. The minimum absolute atomic E-state index is 0.113. The molecule has 7 heteroatoms. The standard InChI is InChI=1S/C18H21N5O2/c1-12(2)23-15(10-11-19-23)20-16(24)8-9-17-21-18(22-25-17)14-6-4-13(3)5-7-14/h4-7,10-12H,8-9H2,1-3H3,(H,20,24). The fraction of sp³-hybridized carbons (Fsp3) is 0.333. The molecular formula is C18H21N5O2. The molecule has 0 aliphatic carbocycles. The maximum atomic E-state index is 12.1. The zero-order valence-corrected chi connectivity index (χ0v) is 14.6. The van der Waals surface area contributed by atoms with Crippen molar-refractivity contribution in [1.82, 2.24) is 19.9 Å². The van der Waals surface area contributed by atoms with Crippen LogP contribution in [0.25, 0.3) is 11.4 Å². The molecule has 0 aliphatic heterocycles. The largest absolute Gasteiger partial charge is 0.339 e. The van der Waals surface area contributed by atoms with Gasteiger partial charge in [0, 0.05) is 30.5 Å². The number of rotatable bonds is 6. The summed E-state index contributed by atoms with van der Waals surface area (Å²) in [6, 6.07) is 9.85. The van der Waals surface area contributed by atoms with Gasteiger partial charge in [0.2, 0.25) is 17.6 Å². The highest BCUT2D eigenvalue weighted by atomic mass is 16.5. The lowest BCUT2D eigenvalue weighted by Gasteiger charge is -2.11. The second kappa shape index (κ2) is 7.29. The quantitative estimate of drug-likeness (QED) is 0.744. The first-order chi connectivity index (χ1) is 12.0. The molecule has 0 fully saturated rings. The zero-order chi connectivity index (χ0) is 17.8.